The van der Waals surface area contributed by atoms with Crippen LogP contribution in [-0.4, -0.2) is 52.8 Å². The molecule has 0 bridgehead atoms. The Morgan fingerprint density at radius 2 is 2.08 bits per heavy atom. The molecule has 0 saturated heterocycles. The second-order valence-corrected chi connectivity index (χ2v) is 5.47. The molecule has 9 heteroatoms. The number of hydrogen-bond acceptors (Lipinski definition) is 7. The average Bonchev–Trinajstić information content (AvgIpc) is 2.54. The molecule has 0 aliphatic heterocycles. The van der Waals surface area contributed by atoms with Crippen LogP contribution in [0.1, 0.15) is 5.69 Å². The van der Waals surface area contributed by atoms with Crippen molar-refractivity contribution in [3.8, 4) is 0 Å². The number of hydrogen-bond donors (Lipinski definition) is 2. The molecule has 0 unspecified atom stereocenters. The predicted molar refractivity (Wildman–Crippen MR) is 91.1 cm³/mol. The van der Waals surface area contributed by atoms with Crippen molar-refractivity contribution in [3.63, 3.8) is 0 Å². The van der Waals surface area contributed by atoms with Crippen LogP contribution in [0.3, 0.4) is 0 Å². The molecular weight excluding hydrogens is 310 g/mol. The van der Waals surface area contributed by atoms with Gasteiger partial charge < -0.3 is 15.5 Å². The van der Waals surface area contributed by atoms with Crippen LogP contribution < -0.4 is 21.1 Å². The van der Waals surface area contributed by atoms with Gasteiger partial charge in [-0.3, -0.25) is 14.2 Å². The van der Waals surface area contributed by atoms with E-state index < -0.39 is 0 Å². The minimum atomic E-state index is -0.252. The standard InChI is InChI=1S/C15H21N7O2/c1-11-6-15(24)22(10-18-11)9-14(23)17-5-4-16-13-7-12(21(2)3)8-19-20-13/h6-8,10H,4-5,9H2,1-3H3,(H,16,20)(H,17,23). The molecule has 128 valence electrons. The lowest BCUT2D eigenvalue weighted by atomic mass is 10.4. The zero-order valence-electron chi connectivity index (χ0n) is 14.0. The largest absolute Gasteiger partial charge is 0.376 e. The van der Waals surface area contributed by atoms with Crippen molar-refractivity contribution in [1.82, 2.24) is 25.1 Å². The lowest BCUT2D eigenvalue weighted by molar-refractivity contribution is -0.121. The van der Waals surface area contributed by atoms with E-state index in [1.807, 2.05) is 25.1 Å². The summed E-state index contributed by atoms with van der Waals surface area (Å²) in [7, 11) is 3.84. The smallest absolute Gasteiger partial charge is 0.253 e. The van der Waals surface area contributed by atoms with E-state index >= 15 is 0 Å². The van der Waals surface area contributed by atoms with Crippen molar-refractivity contribution in [1.29, 1.82) is 0 Å². The van der Waals surface area contributed by atoms with Crippen LogP contribution in [0, 0.1) is 6.92 Å². The molecule has 0 radical (unpaired) electrons. The molecule has 0 spiro atoms. The van der Waals surface area contributed by atoms with Gasteiger partial charge >= 0.3 is 0 Å². The summed E-state index contributed by atoms with van der Waals surface area (Å²) in [6.07, 6.45) is 3.04. The molecule has 0 aliphatic rings. The second kappa shape index (κ2) is 8.04. The van der Waals surface area contributed by atoms with Crippen LogP contribution in [0.25, 0.3) is 0 Å². The lowest BCUT2D eigenvalue weighted by Gasteiger charge is -2.13. The minimum Gasteiger partial charge on any atom is -0.376 e. The highest BCUT2D eigenvalue weighted by Gasteiger charge is 2.05. The molecule has 2 heterocycles. The van der Waals surface area contributed by atoms with E-state index in [1.165, 1.54) is 17.0 Å². The van der Waals surface area contributed by atoms with Gasteiger partial charge in [0, 0.05) is 45.0 Å². The zero-order chi connectivity index (χ0) is 17.5. The Hall–Kier alpha value is -2.97. The van der Waals surface area contributed by atoms with Crippen LogP contribution in [-0.2, 0) is 11.3 Å². The maximum atomic E-state index is 11.8. The molecule has 0 saturated carbocycles. The highest BCUT2D eigenvalue weighted by Crippen LogP contribution is 2.12. The number of nitrogens with zero attached hydrogens (tertiary/aromatic N) is 5. The first-order valence-electron chi connectivity index (χ1n) is 7.49. The quantitative estimate of drug-likeness (QED) is 0.667. The number of carbonyl (C=O) groups is 1. The first-order valence-corrected chi connectivity index (χ1v) is 7.49. The first-order chi connectivity index (χ1) is 11.5. The Morgan fingerprint density at radius 3 is 2.79 bits per heavy atom. The number of amides is 1. The Bertz CT molecular complexity index is 757. The average molecular weight is 331 g/mol. The molecule has 2 aromatic heterocycles. The van der Waals surface area contributed by atoms with Crippen LogP contribution in [0.2, 0.25) is 0 Å². The summed E-state index contributed by atoms with van der Waals surface area (Å²) in [6, 6.07) is 3.26. The van der Waals surface area contributed by atoms with E-state index in [0.29, 0.717) is 24.6 Å². The van der Waals surface area contributed by atoms with Crippen LogP contribution >= 0.6 is 0 Å². The monoisotopic (exact) mass is 331 g/mol. The molecule has 0 aromatic carbocycles. The fourth-order valence-electron chi connectivity index (χ4n) is 1.93. The summed E-state index contributed by atoms with van der Waals surface area (Å²) in [5.74, 6) is 0.382. The number of carbonyl (C=O) groups excluding carboxylic acids is 1. The minimum absolute atomic E-state index is 0.0535. The van der Waals surface area contributed by atoms with Gasteiger partial charge in [0.2, 0.25) is 5.91 Å². The Labute approximate surface area is 139 Å². The van der Waals surface area contributed by atoms with Crippen molar-refractivity contribution >= 4 is 17.4 Å². The summed E-state index contributed by atoms with van der Waals surface area (Å²) in [5.41, 5.74) is 1.32. The van der Waals surface area contributed by atoms with E-state index in [0.717, 1.165) is 5.69 Å². The number of aryl methyl sites for hydroxylation is 1. The Morgan fingerprint density at radius 1 is 1.29 bits per heavy atom. The Balaban J connectivity index is 1.77. The van der Waals surface area contributed by atoms with Crippen molar-refractivity contribution < 1.29 is 4.79 Å². The summed E-state index contributed by atoms with van der Waals surface area (Å²) in [6.45, 7) is 2.58. The molecule has 2 aromatic rings. The van der Waals surface area contributed by atoms with E-state index in [4.69, 9.17) is 0 Å². The van der Waals surface area contributed by atoms with E-state index in [1.54, 1.807) is 13.1 Å². The molecule has 2 rings (SSSR count). The highest BCUT2D eigenvalue weighted by molar-refractivity contribution is 5.75. The van der Waals surface area contributed by atoms with Gasteiger partial charge in [-0.25, -0.2) is 4.98 Å². The number of aromatic nitrogens is 4. The summed E-state index contributed by atoms with van der Waals surface area (Å²) in [5, 5.41) is 13.7. The molecule has 0 atom stereocenters. The van der Waals surface area contributed by atoms with Crippen LogP contribution in [0.15, 0.2) is 29.5 Å². The summed E-state index contributed by atoms with van der Waals surface area (Å²) in [4.78, 5) is 29.5. The molecule has 0 aliphatic carbocycles. The SMILES string of the molecule is Cc1cc(=O)n(CC(=O)NCCNc2cc(N(C)C)cnn2)cn1. The van der Waals surface area contributed by atoms with Gasteiger partial charge in [-0.2, -0.15) is 5.10 Å². The van der Waals surface area contributed by atoms with Gasteiger partial charge in [0.1, 0.15) is 6.54 Å². The molecule has 0 fully saturated rings. The molecule has 1 amide bonds. The van der Waals surface area contributed by atoms with Crippen molar-refractivity contribution in [2.75, 3.05) is 37.4 Å². The third-order valence-electron chi connectivity index (χ3n) is 3.24. The molecule has 2 N–H and O–H groups in total. The third kappa shape index (κ3) is 5.04. The fraction of sp³-hybridized carbons (Fsp3) is 0.400. The predicted octanol–water partition coefficient (Wildman–Crippen LogP) is -0.364. The first kappa shape index (κ1) is 17.4. The zero-order valence-corrected chi connectivity index (χ0v) is 14.0. The van der Waals surface area contributed by atoms with Crippen LogP contribution in [0.4, 0.5) is 11.5 Å². The maximum Gasteiger partial charge on any atom is 0.253 e. The van der Waals surface area contributed by atoms with Gasteiger partial charge in [-0.15, -0.1) is 5.10 Å². The van der Waals surface area contributed by atoms with Gasteiger partial charge in [-0.1, -0.05) is 0 Å². The van der Waals surface area contributed by atoms with Gasteiger partial charge in [0.05, 0.1) is 18.2 Å². The van der Waals surface area contributed by atoms with E-state index in [-0.39, 0.29) is 18.0 Å². The summed E-state index contributed by atoms with van der Waals surface area (Å²) >= 11 is 0. The van der Waals surface area contributed by atoms with Crippen molar-refractivity contribution in [3.05, 3.63) is 40.7 Å². The van der Waals surface area contributed by atoms with E-state index in [2.05, 4.69) is 25.8 Å². The molecular formula is C15H21N7O2. The Kier molecular flexibility index (Phi) is 5.83. The van der Waals surface area contributed by atoms with E-state index in [9.17, 15) is 9.59 Å². The number of rotatable bonds is 7. The van der Waals surface area contributed by atoms with Crippen LogP contribution in [0.5, 0.6) is 0 Å². The molecule has 24 heavy (non-hydrogen) atoms. The topological polar surface area (TPSA) is 105 Å². The lowest BCUT2D eigenvalue weighted by Crippen LogP contribution is -2.34. The number of nitrogens with one attached hydrogen (secondary N) is 2. The van der Waals surface area contributed by atoms with Gasteiger partial charge in [0.25, 0.3) is 5.56 Å². The number of anilines is 2. The third-order valence-corrected chi connectivity index (χ3v) is 3.24. The second-order valence-electron chi connectivity index (χ2n) is 5.47. The maximum absolute atomic E-state index is 11.8. The normalized spacial score (nSPS) is 10.3. The molecule has 9 nitrogen and oxygen atoms in total. The van der Waals surface area contributed by atoms with Gasteiger partial charge in [0.15, 0.2) is 5.82 Å². The highest BCUT2D eigenvalue weighted by atomic mass is 16.2. The summed E-state index contributed by atoms with van der Waals surface area (Å²) < 4.78 is 1.27. The van der Waals surface area contributed by atoms with Gasteiger partial charge in [-0.05, 0) is 6.92 Å². The van der Waals surface area contributed by atoms with Crippen molar-refractivity contribution in [2.24, 2.45) is 0 Å². The van der Waals surface area contributed by atoms with Crippen molar-refractivity contribution in [2.45, 2.75) is 13.5 Å². The fourth-order valence-corrected chi connectivity index (χ4v) is 1.93.